The van der Waals surface area contributed by atoms with Crippen molar-refractivity contribution in [3.8, 4) is 5.75 Å². The molecule has 0 aromatic heterocycles. The van der Waals surface area contributed by atoms with Gasteiger partial charge in [0.15, 0.2) is 6.61 Å². The molecule has 30 heavy (non-hydrogen) atoms. The number of ether oxygens (including phenoxy) is 2. The summed E-state index contributed by atoms with van der Waals surface area (Å²) in [4.78, 5) is 38.8. The van der Waals surface area contributed by atoms with Gasteiger partial charge in [-0.2, -0.15) is 0 Å². The molecule has 1 fully saturated rings. The number of amides is 2. The van der Waals surface area contributed by atoms with E-state index in [2.05, 4.69) is 5.32 Å². The summed E-state index contributed by atoms with van der Waals surface area (Å²) in [5.74, 6) is -0.768. The van der Waals surface area contributed by atoms with Crippen molar-refractivity contribution in [2.45, 2.75) is 19.8 Å². The molecule has 7 heteroatoms. The summed E-state index contributed by atoms with van der Waals surface area (Å²) >= 11 is 0. The summed E-state index contributed by atoms with van der Waals surface area (Å²) < 4.78 is 10.8. The average Bonchev–Trinajstić information content (AvgIpc) is 2.78. The lowest BCUT2D eigenvalue weighted by molar-refractivity contribution is -0.151. The second-order valence-electron chi connectivity index (χ2n) is 7.04. The molecular formula is C23H26N2O5. The molecule has 0 spiro atoms. The first-order valence-electron chi connectivity index (χ1n) is 10.1. The summed E-state index contributed by atoms with van der Waals surface area (Å²) in [7, 11) is 0. The molecule has 3 rings (SSSR count). The van der Waals surface area contributed by atoms with Crippen molar-refractivity contribution in [1.82, 2.24) is 4.90 Å². The fourth-order valence-electron chi connectivity index (χ4n) is 3.39. The van der Waals surface area contributed by atoms with Crippen molar-refractivity contribution in [3.63, 3.8) is 0 Å². The summed E-state index contributed by atoms with van der Waals surface area (Å²) in [6.07, 6.45) is 1.46. The maximum absolute atomic E-state index is 12.6. The molecule has 7 nitrogen and oxygen atoms in total. The third-order valence-electron chi connectivity index (χ3n) is 4.91. The topological polar surface area (TPSA) is 84.9 Å². The molecule has 1 unspecified atom stereocenters. The Bertz CT molecular complexity index is 884. The van der Waals surface area contributed by atoms with Gasteiger partial charge in [0.2, 0.25) is 0 Å². The maximum Gasteiger partial charge on any atom is 0.310 e. The lowest BCUT2D eigenvalue weighted by Gasteiger charge is -2.31. The van der Waals surface area contributed by atoms with Crippen molar-refractivity contribution in [3.05, 3.63) is 60.2 Å². The van der Waals surface area contributed by atoms with Gasteiger partial charge in [-0.3, -0.25) is 14.4 Å². The van der Waals surface area contributed by atoms with Crippen molar-refractivity contribution in [1.29, 1.82) is 0 Å². The fraction of sp³-hybridized carbons (Fsp3) is 0.348. The van der Waals surface area contributed by atoms with Crippen LogP contribution in [0.5, 0.6) is 5.75 Å². The number of carbonyl (C=O) groups excluding carboxylic acids is 3. The molecule has 2 aromatic rings. The minimum absolute atomic E-state index is 0.203. The van der Waals surface area contributed by atoms with E-state index in [4.69, 9.17) is 9.47 Å². The van der Waals surface area contributed by atoms with Gasteiger partial charge in [0.1, 0.15) is 5.75 Å². The molecule has 0 bridgehead atoms. The highest BCUT2D eigenvalue weighted by molar-refractivity contribution is 6.06. The second-order valence-corrected chi connectivity index (χ2v) is 7.04. The number of likely N-dealkylation sites (tertiary alicyclic amines) is 1. The summed E-state index contributed by atoms with van der Waals surface area (Å²) in [5.41, 5.74) is 1.02. The van der Waals surface area contributed by atoms with Crippen molar-refractivity contribution in [2.75, 3.05) is 31.6 Å². The zero-order chi connectivity index (χ0) is 21.3. The van der Waals surface area contributed by atoms with Gasteiger partial charge in [-0.05, 0) is 44.0 Å². The number of benzene rings is 2. The summed E-state index contributed by atoms with van der Waals surface area (Å²) in [6.45, 7) is 2.80. The molecule has 1 aliphatic rings. The number of para-hydroxylation sites is 2. The van der Waals surface area contributed by atoms with E-state index >= 15 is 0 Å². The van der Waals surface area contributed by atoms with Crippen molar-refractivity contribution >= 4 is 23.5 Å². The molecule has 1 aliphatic heterocycles. The van der Waals surface area contributed by atoms with E-state index in [1.165, 1.54) is 0 Å². The van der Waals surface area contributed by atoms with E-state index in [-0.39, 0.29) is 30.3 Å². The highest BCUT2D eigenvalue weighted by Crippen LogP contribution is 2.21. The minimum Gasteiger partial charge on any atom is -0.483 e. The van der Waals surface area contributed by atoms with Crippen LogP contribution in [-0.4, -0.2) is 49.0 Å². The largest absolute Gasteiger partial charge is 0.483 e. The van der Waals surface area contributed by atoms with E-state index in [0.717, 1.165) is 6.42 Å². The van der Waals surface area contributed by atoms with E-state index in [9.17, 15) is 14.4 Å². The number of hydrogen-bond acceptors (Lipinski definition) is 5. The van der Waals surface area contributed by atoms with Crippen LogP contribution in [0.4, 0.5) is 5.69 Å². The van der Waals surface area contributed by atoms with Gasteiger partial charge < -0.3 is 19.7 Å². The number of hydrogen-bond donors (Lipinski definition) is 1. The highest BCUT2D eigenvalue weighted by atomic mass is 16.5. The molecule has 2 amide bonds. The van der Waals surface area contributed by atoms with Gasteiger partial charge >= 0.3 is 5.97 Å². The van der Waals surface area contributed by atoms with Crippen LogP contribution in [0.15, 0.2) is 54.6 Å². The van der Waals surface area contributed by atoms with Crippen LogP contribution in [0.3, 0.4) is 0 Å². The molecule has 1 saturated heterocycles. The Morgan fingerprint density at radius 1 is 1.07 bits per heavy atom. The van der Waals surface area contributed by atoms with E-state index in [1.807, 2.05) is 18.2 Å². The molecular weight excluding hydrogens is 384 g/mol. The van der Waals surface area contributed by atoms with Crippen LogP contribution in [0.2, 0.25) is 0 Å². The number of nitrogens with one attached hydrogen (secondary N) is 1. The first kappa shape index (κ1) is 21.4. The Morgan fingerprint density at radius 3 is 2.57 bits per heavy atom. The second kappa shape index (κ2) is 10.4. The van der Waals surface area contributed by atoms with Crippen LogP contribution in [0, 0.1) is 5.92 Å². The van der Waals surface area contributed by atoms with E-state index in [0.29, 0.717) is 43.1 Å². The van der Waals surface area contributed by atoms with Crippen LogP contribution in [0.1, 0.15) is 30.1 Å². The van der Waals surface area contributed by atoms with Gasteiger partial charge in [0, 0.05) is 18.8 Å². The zero-order valence-electron chi connectivity index (χ0n) is 17.0. The molecule has 2 aromatic carbocycles. The van der Waals surface area contributed by atoms with Crippen LogP contribution in [0.25, 0.3) is 0 Å². The number of carbonyl (C=O) groups is 3. The third kappa shape index (κ3) is 5.59. The van der Waals surface area contributed by atoms with Gasteiger partial charge in [-0.1, -0.05) is 30.3 Å². The SMILES string of the molecule is CCOC(=O)C1CCCN(C(=O)COc2ccccc2C(=O)Nc2ccccc2)C1. The summed E-state index contributed by atoms with van der Waals surface area (Å²) in [6, 6.07) is 15.9. The minimum atomic E-state index is -0.315. The van der Waals surface area contributed by atoms with E-state index < -0.39 is 0 Å². The Morgan fingerprint density at radius 2 is 1.80 bits per heavy atom. The molecule has 0 aliphatic carbocycles. The smallest absolute Gasteiger partial charge is 0.310 e. The number of esters is 1. The fourth-order valence-corrected chi connectivity index (χ4v) is 3.39. The molecule has 0 saturated carbocycles. The van der Waals surface area contributed by atoms with Crippen LogP contribution < -0.4 is 10.1 Å². The Hall–Kier alpha value is -3.35. The molecule has 158 valence electrons. The molecule has 1 heterocycles. The Balaban J connectivity index is 1.60. The molecule has 1 atom stereocenters. The lowest BCUT2D eigenvalue weighted by atomic mass is 9.98. The van der Waals surface area contributed by atoms with Gasteiger partial charge in [-0.25, -0.2) is 0 Å². The maximum atomic E-state index is 12.6. The number of anilines is 1. The number of rotatable bonds is 7. The first-order chi connectivity index (χ1) is 14.6. The number of nitrogens with zero attached hydrogens (tertiary/aromatic N) is 1. The third-order valence-corrected chi connectivity index (χ3v) is 4.91. The van der Waals surface area contributed by atoms with Crippen molar-refractivity contribution < 1.29 is 23.9 Å². The average molecular weight is 410 g/mol. The number of piperidine rings is 1. The van der Waals surface area contributed by atoms with Gasteiger partial charge in [-0.15, -0.1) is 0 Å². The van der Waals surface area contributed by atoms with E-state index in [1.54, 1.807) is 48.2 Å². The predicted octanol–water partition coefficient (Wildman–Crippen LogP) is 3.12. The predicted molar refractivity (Wildman–Crippen MR) is 112 cm³/mol. The van der Waals surface area contributed by atoms with Gasteiger partial charge in [0.25, 0.3) is 11.8 Å². The zero-order valence-corrected chi connectivity index (χ0v) is 17.0. The standard InChI is InChI=1S/C23H26N2O5/c1-2-29-23(28)17-9-8-14-25(15-17)21(26)16-30-20-13-7-6-12-19(20)22(27)24-18-10-4-3-5-11-18/h3-7,10-13,17H,2,8-9,14-16H2,1H3,(H,24,27). The van der Waals surface area contributed by atoms with Gasteiger partial charge in [0.05, 0.1) is 18.1 Å². The quantitative estimate of drug-likeness (QED) is 0.709. The Kier molecular flexibility index (Phi) is 7.43. The molecule has 0 radical (unpaired) electrons. The normalized spacial score (nSPS) is 15.9. The first-order valence-corrected chi connectivity index (χ1v) is 10.1. The van der Waals surface area contributed by atoms with Crippen LogP contribution in [-0.2, 0) is 14.3 Å². The summed E-state index contributed by atoms with van der Waals surface area (Å²) in [5, 5.41) is 2.81. The monoisotopic (exact) mass is 410 g/mol. The highest BCUT2D eigenvalue weighted by Gasteiger charge is 2.29. The van der Waals surface area contributed by atoms with Crippen LogP contribution >= 0.6 is 0 Å². The Labute approximate surface area is 176 Å². The molecule has 1 N–H and O–H groups in total. The van der Waals surface area contributed by atoms with Crippen molar-refractivity contribution in [2.24, 2.45) is 5.92 Å². The lowest BCUT2D eigenvalue weighted by Crippen LogP contribution is -2.44.